The smallest absolute Gasteiger partial charge is 0.167 e. The van der Waals surface area contributed by atoms with E-state index < -0.39 is 12.3 Å². The third kappa shape index (κ3) is 3.58. The summed E-state index contributed by atoms with van der Waals surface area (Å²) < 4.78 is 7.45. The van der Waals surface area contributed by atoms with Crippen LogP contribution in [-0.4, -0.2) is 48.5 Å². The van der Waals surface area contributed by atoms with Crippen molar-refractivity contribution in [2.45, 2.75) is 50.7 Å². The molecule has 1 aromatic carbocycles. The zero-order valence-corrected chi connectivity index (χ0v) is 15.8. The second kappa shape index (κ2) is 8.22. The van der Waals surface area contributed by atoms with Crippen LogP contribution in [0.4, 0.5) is 5.82 Å². The molecule has 4 atom stereocenters. The molecule has 4 rings (SSSR count). The number of anilines is 1. The van der Waals surface area contributed by atoms with Gasteiger partial charge >= 0.3 is 0 Å². The summed E-state index contributed by atoms with van der Waals surface area (Å²) in [5.74, 6) is 0.650. The molecule has 3 heterocycles. The first-order valence-electron chi connectivity index (χ1n) is 9.64. The average molecular weight is 383 g/mol. The van der Waals surface area contributed by atoms with Gasteiger partial charge < -0.3 is 20.3 Å². The van der Waals surface area contributed by atoms with Crippen LogP contribution >= 0.6 is 0 Å². The molecule has 1 fully saturated rings. The van der Waals surface area contributed by atoms with Crippen molar-refractivity contribution in [3.8, 4) is 0 Å². The van der Waals surface area contributed by atoms with Gasteiger partial charge in [-0.05, 0) is 12.0 Å². The van der Waals surface area contributed by atoms with Crippen molar-refractivity contribution < 1.29 is 14.9 Å². The van der Waals surface area contributed by atoms with E-state index in [1.807, 2.05) is 18.2 Å². The van der Waals surface area contributed by atoms with E-state index in [0.717, 1.165) is 12.8 Å². The van der Waals surface area contributed by atoms with Crippen molar-refractivity contribution in [3.05, 3.63) is 48.5 Å². The molecule has 0 radical (unpaired) electrons. The average Bonchev–Trinajstić information content (AvgIpc) is 3.32. The number of aliphatic hydroxyl groups is 2. The van der Waals surface area contributed by atoms with Crippen molar-refractivity contribution in [1.29, 1.82) is 0 Å². The molecule has 1 aliphatic heterocycles. The first-order chi connectivity index (χ1) is 13.7. The monoisotopic (exact) mass is 383 g/mol. The maximum atomic E-state index is 10.3. The van der Waals surface area contributed by atoms with Gasteiger partial charge in [0.2, 0.25) is 0 Å². The molecule has 0 amide bonds. The molecule has 0 aliphatic carbocycles. The molecule has 8 heteroatoms. The van der Waals surface area contributed by atoms with Gasteiger partial charge in [-0.1, -0.05) is 43.7 Å². The normalized spacial score (nSPS) is 23.2. The number of nitrogens with zero attached hydrogens (tertiary/aromatic N) is 4. The van der Waals surface area contributed by atoms with Gasteiger partial charge in [-0.2, -0.15) is 0 Å². The lowest BCUT2D eigenvalue weighted by atomic mass is 10.0. The summed E-state index contributed by atoms with van der Waals surface area (Å²) in [5, 5.41) is 23.1. The van der Waals surface area contributed by atoms with Gasteiger partial charge in [-0.15, -0.1) is 0 Å². The zero-order valence-electron chi connectivity index (χ0n) is 15.8. The molecule has 0 saturated carbocycles. The lowest BCUT2D eigenvalue weighted by molar-refractivity contribution is -0.0486. The Morgan fingerprint density at radius 1 is 1.25 bits per heavy atom. The SMILES string of the molecule is CCC[C@H](Nc1ncnc2c1ncn2[C@@H]1O[C@H](CO)C[C@@H]1O)c1ccccc1. The Balaban J connectivity index is 1.65. The number of imidazole rings is 1. The molecular weight excluding hydrogens is 358 g/mol. The van der Waals surface area contributed by atoms with Crippen molar-refractivity contribution in [3.63, 3.8) is 0 Å². The van der Waals surface area contributed by atoms with Crippen molar-refractivity contribution in [2.24, 2.45) is 0 Å². The number of hydrogen-bond acceptors (Lipinski definition) is 7. The molecule has 1 aliphatic rings. The Hall–Kier alpha value is -2.55. The third-order valence-corrected chi connectivity index (χ3v) is 5.09. The van der Waals surface area contributed by atoms with Crippen LogP contribution in [0.1, 0.15) is 44.0 Å². The van der Waals surface area contributed by atoms with Gasteiger partial charge in [0.25, 0.3) is 0 Å². The fourth-order valence-corrected chi connectivity index (χ4v) is 3.70. The molecule has 0 bridgehead atoms. The topological polar surface area (TPSA) is 105 Å². The van der Waals surface area contributed by atoms with Crippen LogP contribution in [0.25, 0.3) is 11.2 Å². The van der Waals surface area contributed by atoms with Crippen molar-refractivity contribution in [1.82, 2.24) is 19.5 Å². The molecule has 28 heavy (non-hydrogen) atoms. The lowest BCUT2D eigenvalue weighted by Crippen LogP contribution is -2.19. The highest BCUT2D eigenvalue weighted by Crippen LogP contribution is 2.32. The second-order valence-electron chi connectivity index (χ2n) is 7.08. The summed E-state index contributed by atoms with van der Waals surface area (Å²) in [7, 11) is 0. The molecule has 2 aromatic heterocycles. The molecule has 3 aromatic rings. The number of aliphatic hydroxyl groups excluding tert-OH is 2. The van der Waals surface area contributed by atoms with E-state index in [2.05, 4.69) is 39.3 Å². The molecule has 3 N–H and O–H groups in total. The van der Waals surface area contributed by atoms with Gasteiger partial charge in [0.15, 0.2) is 23.2 Å². The number of fused-ring (bicyclic) bond motifs is 1. The predicted molar refractivity (Wildman–Crippen MR) is 105 cm³/mol. The van der Waals surface area contributed by atoms with E-state index in [1.54, 1.807) is 10.9 Å². The Morgan fingerprint density at radius 3 is 2.79 bits per heavy atom. The summed E-state index contributed by atoms with van der Waals surface area (Å²) in [6.07, 6.45) is 3.73. The number of nitrogens with one attached hydrogen (secondary N) is 1. The van der Waals surface area contributed by atoms with E-state index in [4.69, 9.17) is 4.74 Å². The Kier molecular flexibility index (Phi) is 5.52. The van der Waals surface area contributed by atoms with Crippen LogP contribution in [0.5, 0.6) is 0 Å². The standard InChI is InChI=1S/C20H25N5O3/c1-2-6-15(13-7-4-3-5-8-13)24-18-17-19(22-11-21-18)25(12-23-17)20-16(27)9-14(10-26)28-20/h3-5,7-8,11-12,14-16,20,26-27H,2,6,9-10H2,1H3,(H,21,22,24)/t14-,15-,16-,20+/m0/s1. The summed E-state index contributed by atoms with van der Waals surface area (Å²) in [6.45, 7) is 2.02. The minimum Gasteiger partial charge on any atom is -0.394 e. The van der Waals surface area contributed by atoms with Crippen molar-refractivity contribution in [2.75, 3.05) is 11.9 Å². The molecule has 148 valence electrons. The molecule has 0 spiro atoms. The van der Waals surface area contributed by atoms with Crippen LogP contribution < -0.4 is 5.32 Å². The van der Waals surface area contributed by atoms with Crippen LogP contribution in [-0.2, 0) is 4.74 Å². The van der Waals surface area contributed by atoms with Gasteiger partial charge in [-0.3, -0.25) is 4.57 Å². The van der Waals surface area contributed by atoms with E-state index in [-0.39, 0.29) is 18.8 Å². The highest BCUT2D eigenvalue weighted by atomic mass is 16.5. The summed E-state index contributed by atoms with van der Waals surface area (Å²) >= 11 is 0. The van der Waals surface area contributed by atoms with Crippen LogP contribution in [0, 0.1) is 0 Å². The third-order valence-electron chi connectivity index (χ3n) is 5.09. The molecular formula is C20H25N5O3. The van der Waals surface area contributed by atoms with E-state index in [1.165, 1.54) is 11.9 Å². The molecule has 0 unspecified atom stereocenters. The van der Waals surface area contributed by atoms with Crippen LogP contribution in [0.2, 0.25) is 0 Å². The van der Waals surface area contributed by atoms with Crippen LogP contribution in [0.3, 0.4) is 0 Å². The zero-order chi connectivity index (χ0) is 19.5. The first kappa shape index (κ1) is 18.8. The van der Waals surface area contributed by atoms with Gasteiger partial charge in [0, 0.05) is 6.42 Å². The number of ether oxygens (including phenoxy) is 1. The molecule has 1 saturated heterocycles. The van der Waals surface area contributed by atoms with Crippen molar-refractivity contribution >= 4 is 17.0 Å². The first-order valence-corrected chi connectivity index (χ1v) is 9.64. The second-order valence-corrected chi connectivity index (χ2v) is 7.08. The Morgan fingerprint density at radius 2 is 2.07 bits per heavy atom. The number of benzene rings is 1. The molecule has 8 nitrogen and oxygen atoms in total. The summed E-state index contributed by atoms with van der Waals surface area (Å²) in [4.78, 5) is 13.2. The largest absolute Gasteiger partial charge is 0.394 e. The highest BCUT2D eigenvalue weighted by Gasteiger charge is 2.36. The summed E-state index contributed by atoms with van der Waals surface area (Å²) in [6, 6.07) is 10.4. The number of hydrogen-bond donors (Lipinski definition) is 3. The maximum Gasteiger partial charge on any atom is 0.167 e. The highest BCUT2D eigenvalue weighted by molar-refractivity contribution is 5.83. The summed E-state index contributed by atoms with van der Waals surface area (Å²) in [5.41, 5.74) is 2.40. The fourth-order valence-electron chi connectivity index (χ4n) is 3.70. The number of aromatic nitrogens is 4. The minimum absolute atomic E-state index is 0.113. The Labute approximate surface area is 163 Å². The van der Waals surface area contributed by atoms with Gasteiger partial charge in [-0.25, -0.2) is 15.0 Å². The quantitative estimate of drug-likeness (QED) is 0.575. The van der Waals surface area contributed by atoms with E-state index >= 15 is 0 Å². The lowest BCUT2D eigenvalue weighted by Gasteiger charge is -2.20. The van der Waals surface area contributed by atoms with E-state index in [9.17, 15) is 10.2 Å². The minimum atomic E-state index is -0.724. The van der Waals surface area contributed by atoms with Crippen LogP contribution in [0.15, 0.2) is 43.0 Å². The fraction of sp³-hybridized carbons (Fsp3) is 0.450. The van der Waals surface area contributed by atoms with Gasteiger partial charge in [0.1, 0.15) is 12.4 Å². The number of rotatable bonds is 7. The van der Waals surface area contributed by atoms with Gasteiger partial charge in [0.05, 0.1) is 25.1 Å². The predicted octanol–water partition coefficient (Wildman–Crippen LogP) is 2.42. The van der Waals surface area contributed by atoms with E-state index in [0.29, 0.717) is 23.4 Å². The Bertz CT molecular complexity index is 917. The maximum absolute atomic E-state index is 10.3.